The zero-order chi connectivity index (χ0) is 23.8. The summed E-state index contributed by atoms with van der Waals surface area (Å²) in [5, 5.41) is 4.12. The number of benzene rings is 3. The van der Waals surface area contributed by atoms with Crippen LogP contribution in [0.5, 0.6) is 5.75 Å². The standard InChI is InChI=1S/C28H27N3O3/c1-4-34-24-16-10-8-14-22(24)29-27(32)25-19-12-5-6-13-20(19)28(33)31(3)26(25)21-17-30(2)23-15-9-7-11-18(21)23/h5-17,25-26H,4H2,1-3H3,(H,29,32). The van der Waals surface area contributed by atoms with Crippen molar-refractivity contribution < 1.29 is 14.3 Å². The van der Waals surface area contributed by atoms with Crippen molar-refractivity contribution in [1.29, 1.82) is 0 Å². The number of aryl methyl sites for hydroxylation is 1. The summed E-state index contributed by atoms with van der Waals surface area (Å²) in [7, 11) is 3.76. The average molecular weight is 454 g/mol. The molecular weight excluding hydrogens is 426 g/mol. The van der Waals surface area contributed by atoms with Crippen molar-refractivity contribution in [3.63, 3.8) is 0 Å². The molecule has 0 bridgehead atoms. The predicted octanol–water partition coefficient (Wildman–Crippen LogP) is 5.13. The van der Waals surface area contributed by atoms with Gasteiger partial charge in [-0.1, -0.05) is 48.5 Å². The normalized spacial score (nSPS) is 17.5. The van der Waals surface area contributed by atoms with E-state index in [-0.39, 0.29) is 11.8 Å². The Morgan fingerprint density at radius 1 is 0.941 bits per heavy atom. The Hall–Kier alpha value is -4.06. The summed E-state index contributed by atoms with van der Waals surface area (Å²) in [6.45, 7) is 2.40. The van der Waals surface area contributed by atoms with Gasteiger partial charge in [-0.2, -0.15) is 0 Å². The van der Waals surface area contributed by atoms with Crippen molar-refractivity contribution in [2.45, 2.75) is 18.9 Å². The number of rotatable bonds is 5. The highest BCUT2D eigenvalue weighted by atomic mass is 16.5. The van der Waals surface area contributed by atoms with Gasteiger partial charge in [0.1, 0.15) is 5.75 Å². The maximum Gasteiger partial charge on any atom is 0.254 e. The van der Waals surface area contributed by atoms with E-state index in [0.29, 0.717) is 23.6 Å². The lowest BCUT2D eigenvalue weighted by Crippen LogP contribution is -2.44. The molecule has 1 N–H and O–H groups in total. The zero-order valence-corrected chi connectivity index (χ0v) is 19.5. The third kappa shape index (κ3) is 3.52. The number of ether oxygens (including phenoxy) is 1. The van der Waals surface area contributed by atoms with Crippen LogP contribution in [0.3, 0.4) is 0 Å². The molecular formula is C28H27N3O3. The first-order valence-corrected chi connectivity index (χ1v) is 11.4. The van der Waals surface area contributed by atoms with E-state index in [1.165, 1.54) is 0 Å². The Balaban J connectivity index is 1.66. The molecule has 1 aromatic heterocycles. The molecule has 3 aromatic carbocycles. The second kappa shape index (κ2) is 8.71. The number of fused-ring (bicyclic) bond motifs is 2. The highest BCUT2D eigenvalue weighted by Crippen LogP contribution is 2.45. The number of hydrogen-bond acceptors (Lipinski definition) is 3. The van der Waals surface area contributed by atoms with Crippen molar-refractivity contribution in [2.24, 2.45) is 7.05 Å². The number of carbonyl (C=O) groups excluding carboxylic acids is 2. The summed E-state index contributed by atoms with van der Waals surface area (Å²) in [6.07, 6.45) is 2.03. The third-order valence-electron chi connectivity index (χ3n) is 6.55. The first-order valence-electron chi connectivity index (χ1n) is 11.4. The van der Waals surface area contributed by atoms with Crippen LogP contribution in [0.2, 0.25) is 0 Å². The van der Waals surface area contributed by atoms with Crippen molar-refractivity contribution in [3.8, 4) is 5.75 Å². The van der Waals surface area contributed by atoms with Crippen LogP contribution in [-0.2, 0) is 11.8 Å². The van der Waals surface area contributed by atoms with Gasteiger partial charge in [-0.15, -0.1) is 0 Å². The van der Waals surface area contributed by atoms with Crippen molar-refractivity contribution >= 4 is 28.4 Å². The van der Waals surface area contributed by atoms with Gasteiger partial charge >= 0.3 is 0 Å². The van der Waals surface area contributed by atoms with E-state index in [2.05, 4.69) is 5.32 Å². The first kappa shape index (κ1) is 21.8. The minimum atomic E-state index is -0.598. The van der Waals surface area contributed by atoms with Crippen LogP contribution in [0, 0.1) is 0 Å². The van der Waals surface area contributed by atoms with Crippen LogP contribution in [0.1, 0.15) is 40.4 Å². The van der Waals surface area contributed by atoms with Gasteiger partial charge < -0.3 is 19.5 Å². The van der Waals surface area contributed by atoms with Crippen LogP contribution >= 0.6 is 0 Å². The number of likely N-dealkylation sites (N-methyl/N-ethyl adjacent to an activating group) is 1. The van der Waals surface area contributed by atoms with Crippen LogP contribution < -0.4 is 10.1 Å². The lowest BCUT2D eigenvalue weighted by Gasteiger charge is -2.39. The SMILES string of the molecule is CCOc1ccccc1NC(=O)C1c2ccccc2C(=O)N(C)C1c1cn(C)c2ccccc12. The summed E-state index contributed by atoms with van der Waals surface area (Å²) in [5.41, 5.74) is 3.90. The monoisotopic (exact) mass is 453 g/mol. The molecule has 2 amide bonds. The largest absolute Gasteiger partial charge is 0.492 e. The van der Waals surface area contributed by atoms with Gasteiger partial charge in [0.25, 0.3) is 5.91 Å². The number of hydrogen-bond donors (Lipinski definition) is 1. The summed E-state index contributed by atoms with van der Waals surface area (Å²) in [5.74, 6) is -0.253. The molecule has 1 aliphatic rings. The van der Waals surface area contributed by atoms with Crippen molar-refractivity contribution in [2.75, 3.05) is 19.0 Å². The Kier molecular flexibility index (Phi) is 5.57. The fraction of sp³-hybridized carbons (Fsp3) is 0.214. The van der Waals surface area contributed by atoms with Gasteiger partial charge in [-0.3, -0.25) is 9.59 Å². The molecule has 6 nitrogen and oxygen atoms in total. The average Bonchev–Trinajstić information content (AvgIpc) is 3.18. The number of nitrogens with zero attached hydrogens (tertiary/aromatic N) is 2. The predicted molar refractivity (Wildman–Crippen MR) is 133 cm³/mol. The minimum Gasteiger partial charge on any atom is -0.492 e. The Morgan fingerprint density at radius 3 is 2.47 bits per heavy atom. The quantitative estimate of drug-likeness (QED) is 0.456. The van der Waals surface area contributed by atoms with E-state index < -0.39 is 12.0 Å². The number of nitrogens with one attached hydrogen (secondary N) is 1. The zero-order valence-electron chi connectivity index (χ0n) is 19.5. The minimum absolute atomic E-state index is 0.0905. The molecule has 4 aromatic rings. The number of carbonyl (C=O) groups is 2. The van der Waals surface area contributed by atoms with E-state index in [9.17, 15) is 9.59 Å². The summed E-state index contributed by atoms with van der Waals surface area (Å²) in [6, 6.07) is 22.4. The van der Waals surface area contributed by atoms with Crippen molar-refractivity contribution in [3.05, 3.63) is 95.7 Å². The highest BCUT2D eigenvalue weighted by molar-refractivity contribution is 6.05. The summed E-state index contributed by atoms with van der Waals surface area (Å²) < 4.78 is 7.77. The van der Waals surface area contributed by atoms with Gasteiger partial charge in [0.05, 0.1) is 24.3 Å². The third-order valence-corrected chi connectivity index (χ3v) is 6.55. The van der Waals surface area contributed by atoms with Crippen molar-refractivity contribution in [1.82, 2.24) is 9.47 Å². The Morgan fingerprint density at radius 2 is 1.65 bits per heavy atom. The van der Waals surface area contributed by atoms with Crippen LogP contribution in [0.25, 0.3) is 10.9 Å². The molecule has 5 rings (SSSR count). The molecule has 172 valence electrons. The molecule has 6 heteroatoms. The number of aromatic nitrogens is 1. The van der Waals surface area contributed by atoms with E-state index >= 15 is 0 Å². The topological polar surface area (TPSA) is 63.6 Å². The Bertz CT molecular complexity index is 1390. The molecule has 0 saturated carbocycles. The van der Waals surface area contributed by atoms with Gasteiger partial charge in [-0.05, 0) is 36.8 Å². The van der Waals surface area contributed by atoms with E-state index in [4.69, 9.17) is 4.74 Å². The molecule has 2 atom stereocenters. The van der Waals surface area contributed by atoms with Crippen LogP contribution in [0.4, 0.5) is 5.69 Å². The molecule has 0 radical (unpaired) electrons. The van der Waals surface area contributed by atoms with E-state index in [1.807, 2.05) is 91.5 Å². The maximum atomic E-state index is 14.0. The molecule has 2 heterocycles. The number of amides is 2. The summed E-state index contributed by atoms with van der Waals surface area (Å²) >= 11 is 0. The van der Waals surface area contributed by atoms with E-state index in [1.54, 1.807) is 18.0 Å². The highest BCUT2D eigenvalue weighted by Gasteiger charge is 2.43. The second-order valence-corrected chi connectivity index (χ2v) is 8.56. The summed E-state index contributed by atoms with van der Waals surface area (Å²) in [4.78, 5) is 29.0. The molecule has 0 saturated heterocycles. The van der Waals surface area contributed by atoms with Gasteiger partial charge in [0.15, 0.2) is 0 Å². The second-order valence-electron chi connectivity index (χ2n) is 8.56. The first-order chi connectivity index (χ1) is 16.5. The maximum absolute atomic E-state index is 14.0. The van der Waals surface area contributed by atoms with Crippen LogP contribution in [0.15, 0.2) is 79.0 Å². The van der Waals surface area contributed by atoms with Gasteiger partial charge in [-0.25, -0.2) is 0 Å². The number of para-hydroxylation sites is 3. The fourth-order valence-electron chi connectivity index (χ4n) is 5.02. The smallest absolute Gasteiger partial charge is 0.254 e. The lowest BCUT2D eigenvalue weighted by atomic mass is 9.79. The molecule has 0 aliphatic carbocycles. The number of anilines is 1. The molecule has 0 spiro atoms. The molecule has 2 unspecified atom stereocenters. The van der Waals surface area contributed by atoms with E-state index in [0.717, 1.165) is 22.0 Å². The lowest BCUT2D eigenvalue weighted by molar-refractivity contribution is -0.119. The molecule has 0 fully saturated rings. The Labute approximate surface area is 198 Å². The van der Waals surface area contributed by atoms with Crippen LogP contribution in [-0.4, -0.2) is 34.9 Å². The fourth-order valence-corrected chi connectivity index (χ4v) is 5.02. The molecule has 34 heavy (non-hydrogen) atoms. The van der Waals surface area contributed by atoms with Gasteiger partial charge in [0, 0.05) is 42.3 Å². The van der Waals surface area contributed by atoms with Gasteiger partial charge in [0.2, 0.25) is 5.91 Å². The molecule has 1 aliphatic heterocycles.